The number of halogens is 3. The Balaban J connectivity index is 2.06. The van der Waals surface area contributed by atoms with Crippen molar-refractivity contribution < 1.29 is 19.4 Å². The van der Waals surface area contributed by atoms with Gasteiger partial charge in [-0.3, -0.25) is 10.1 Å². The van der Waals surface area contributed by atoms with Crippen LogP contribution in [-0.2, 0) is 4.79 Å². The quantitative estimate of drug-likeness (QED) is 0.356. The first kappa shape index (κ1) is 22.4. The van der Waals surface area contributed by atoms with Crippen LogP contribution in [0.4, 0.5) is 5.69 Å². The molecule has 2 rings (SSSR count). The van der Waals surface area contributed by atoms with Gasteiger partial charge < -0.3 is 15.2 Å². The zero-order valence-electron chi connectivity index (χ0n) is 14.3. The van der Waals surface area contributed by atoms with Crippen molar-refractivity contribution in [3.8, 4) is 5.75 Å². The van der Waals surface area contributed by atoms with Crippen molar-refractivity contribution in [2.75, 3.05) is 12.4 Å². The van der Waals surface area contributed by atoms with Crippen molar-refractivity contribution in [2.24, 2.45) is 0 Å². The number of aromatic carboxylic acids is 1. The molecule has 0 heterocycles. The Morgan fingerprint density at radius 2 is 1.96 bits per heavy atom. The van der Waals surface area contributed by atoms with E-state index in [0.29, 0.717) is 17.0 Å². The first-order valence-electron chi connectivity index (χ1n) is 7.57. The van der Waals surface area contributed by atoms with Crippen molar-refractivity contribution in [1.29, 1.82) is 0 Å². The largest absolute Gasteiger partial charge is 0.495 e. The van der Waals surface area contributed by atoms with E-state index in [1.54, 1.807) is 18.2 Å². The lowest BCUT2D eigenvalue weighted by molar-refractivity contribution is -0.115. The molecule has 2 aromatic rings. The van der Waals surface area contributed by atoms with E-state index in [1.807, 2.05) is 6.07 Å². The van der Waals surface area contributed by atoms with Gasteiger partial charge in [0.1, 0.15) is 5.75 Å². The van der Waals surface area contributed by atoms with Crippen molar-refractivity contribution >= 4 is 84.4 Å². The highest BCUT2D eigenvalue weighted by Crippen LogP contribution is 2.33. The number of methoxy groups -OCH3 is 1. The molecular weight excluding hydrogens is 536 g/mol. The number of hydrogen-bond donors (Lipinski definition) is 3. The van der Waals surface area contributed by atoms with Gasteiger partial charge in [0.15, 0.2) is 5.11 Å². The number of carboxylic acids is 1. The Morgan fingerprint density at radius 3 is 2.61 bits per heavy atom. The second-order valence-electron chi connectivity index (χ2n) is 5.29. The fourth-order valence-corrected chi connectivity index (χ4v) is 4.00. The van der Waals surface area contributed by atoms with Crippen LogP contribution < -0.4 is 15.4 Å². The van der Waals surface area contributed by atoms with Gasteiger partial charge in [0, 0.05) is 21.8 Å². The second kappa shape index (κ2) is 10.0. The molecule has 0 saturated heterocycles. The number of benzene rings is 2. The molecule has 28 heavy (non-hydrogen) atoms. The molecule has 0 aliphatic carbocycles. The third-order valence-corrected chi connectivity index (χ3v) is 4.93. The molecule has 1 amide bonds. The maximum atomic E-state index is 12.1. The van der Waals surface area contributed by atoms with Crippen LogP contribution in [0.3, 0.4) is 0 Å². The molecule has 0 fully saturated rings. The van der Waals surface area contributed by atoms with E-state index < -0.39 is 11.9 Å². The Kier molecular flexibility index (Phi) is 7.99. The Morgan fingerprint density at radius 1 is 1.25 bits per heavy atom. The molecule has 0 spiro atoms. The van der Waals surface area contributed by atoms with E-state index in [2.05, 4.69) is 42.5 Å². The SMILES string of the molecule is COc1c(Br)cc(Br)cc1/C=C/C(=O)NC(=S)Nc1ccc(Cl)c(C(=O)O)c1. The highest BCUT2D eigenvalue weighted by atomic mass is 79.9. The van der Waals surface area contributed by atoms with Crippen molar-refractivity contribution in [2.45, 2.75) is 0 Å². The van der Waals surface area contributed by atoms with Crippen LogP contribution in [0.25, 0.3) is 6.08 Å². The summed E-state index contributed by atoms with van der Waals surface area (Å²) < 4.78 is 6.87. The van der Waals surface area contributed by atoms with E-state index in [4.69, 9.17) is 33.7 Å². The molecule has 0 aliphatic heterocycles. The number of hydrogen-bond acceptors (Lipinski definition) is 4. The molecule has 0 radical (unpaired) electrons. The summed E-state index contributed by atoms with van der Waals surface area (Å²) >= 11 is 17.7. The number of carboxylic acid groups (broad SMARTS) is 1. The van der Waals surface area contributed by atoms with Gasteiger partial charge in [-0.05, 0) is 64.6 Å². The van der Waals surface area contributed by atoms with Crippen LogP contribution in [0, 0.1) is 0 Å². The van der Waals surface area contributed by atoms with E-state index >= 15 is 0 Å². The Bertz CT molecular complexity index is 982. The fraction of sp³-hybridized carbons (Fsp3) is 0.0556. The van der Waals surface area contributed by atoms with Crippen LogP contribution in [-0.4, -0.2) is 29.2 Å². The number of thiocarbonyl (C=S) groups is 1. The number of carbonyl (C=O) groups excluding carboxylic acids is 1. The van der Waals surface area contributed by atoms with Gasteiger partial charge in [0.25, 0.3) is 0 Å². The summed E-state index contributed by atoms with van der Waals surface area (Å²) in [6, 6.07) is 7.92. The standard InChI is InChI=1S/C18H13Br2ClN2O4S/c1-27-16-9(6-10(19)7-13(16)20)2-5-15(24)23-18(28)22-11-3-4-14(21)12(8-11)17(25)26/h2-8H,1H3,(H,25,26)(H2,22,23,24,28)/b5-2+. The fourth-order valence-electron chi connectivity index (χ4n) is 2.17. The van der Waals surface area contributed by atoms with Gasteiger partial charge in [-0.25, -0.2) is 4.79 Å². The van der Waals surface area contributed by atoms with Gasteiger partial charge in [0.2, 0.25) is 5.91 Å². The normalized spacial score (nSPS) is 10.6. The van der Waals surface area contributed by atoms with Crippen molar-refractivity contribution in [3.05, 3.63) is 61.5 Å². The first-order chi connectivity index (χ1) is 13.2. The average molecular weight is 549 g/mol. The lowest BCUT2D eigenvalue weighted by Gasteiger charge is -2.10. The van der Waals surface area contributed by atoms with Gasteiger partial charge in [0.05, 0.1) is 22.2 Å². The number of amides is 1. The smallest absolute Gasteiger partial charge is 0.337 e. The third-order valence-electron chi connectivity index (χ3n) is 3.35. The molecule has 146 valence electrons. The van der Waals surface area contributed by atoms with Gasteiger partial charge >= 0.3 is 5.97 Å². The zero-order chi connectivity index (χ0) is 20.8. The number of rotatable bonds is 5. The molecule has 0 aromatic heterocycles. The number of nitrogens with one attached hydrogen (secondary N) is 2. The maximum absolute atomic E-state index is 12.1. The van der Waals surface area contributed by atoms with Crippen LogP contribution in [0.2, 0.25) is 5.02 Å². The van der Waals surface area contributed by atoms with E-state index in [1.165, 1.54) is 25.3 Å². The topological polar surface area (TPSA) is 87.7 Å². The van der Waals surface area contributed by atoms with Gasteiger partial charge in [-0.15, -0.1) is 0 Å². The van der Waals surface area contributed by atoms with Crippen LogP contribution in [0.1, 0.15) is 15.9 Å². The summed E-state index contributed by atoms with van der Waals surface area (Å²) in [4.78, 5) is 23.2. The van der Waals surface area contributed by atoms with Crippen molar-refractivity contribution in [1.82, 2.24) is 5.32 Å². The highest BCUT2D eigenvalue weighted by Gasteiger charge is 2.11. The zero-order valence-corrected chi connectivity index (χ0v) is 19.0. The summed E-state index contributed by atoms with van der Waals surface area (Å²) in [7, 11) is 1.53. The minimum Gasteiger partial charge on any atom is -0.495 e. The van der Waals surface area contributed by atoms with Crippen LogP contribution in [0.5, 0.6) is 5.75 Å². The molecule has 6 nitrogen and oxygen atoms in total. The summed E-state index contributed by atoms with van der Waals surface area (Å²) in [6.45, 7) is 0. The molecule has 2 aromatic carbocycles. The van der Waals surface area contributed by atoms with Crippen LogP contribution >= 0.6 is 55.7 Å². The second-order valence-corrected chi connectivity index (χ2v) is 7.87. The molecule has 0 aliphatic rings. The average Bonchev–Trinajstić information content (AvgIpc) is 2.60. The van der Waals surface area contributed by atoms with E-state index in [-0.39, 0.29) is 15.7 Å². The number of ether oxygens (including phenoxy) is 1. The minimum absolute atomic E-state index is 0.00991. The molecule has 0 atom stereocenters. The summed E-state index contributed by atoms with van der Waals surface area (Å²) in [5.41, 5.74) is 0.989. The highest BCUT2D eigenvalue weighted by molar-refractivity contribution is 9.11. The molecule has 3 N–H and O–H groups in total. The van der Waals surface area contributed by atoms with Crippen molar-refractivity contribution in [3.63, 3.8) is 0 Å². The molecule has 0 saturated carbocycles. The van der Waals surface area contributed by atoms with Crippen LogP contribution in [0.15, 0.2) is 45.4 Å². The van der Waals surface area contributed by atoms with Gasteiger partial charge in [-0.2, -0.15) is 0 Å². The Hall–Kier alpha value is -1.94. The summed E-state index contributed by atoms with van der Waals surface area (Å²) in [6.07, 6.45) is 2.88. The molecule has 0 unspecified atom stereocenters. The third kappa shape index (κ3) is 6.03. The monoisotopic (exact) mass is 546 g/mol. The Labute approximate surface area is 188 Å². The minimum atomic E-state index is -1.17. The number of carbonyl (C=O) groups is 2. The van der Waals surface area contributed by atoms with E-state index in [0.717, 1.165) is 8.95 Å². The lowest BCUT2D eigenvalue weighted by atomic mass is 10.2. The predicted molar refractivity (Wildman–Crippen MR) is 120 cm³/mol. The molecule has 10 heteroatoms. The molecular formula is C18H13Br2ClN2O4S. The first-order valence-corrected chi connectivity index (χ1v) is 9.94. The predicted octanol–water partition coefficient (Wildman–Crippen LogP) is 5.10. The summed E-state index contributed by atoms with van der Waals surface area (Å²) in [5.74, 6) is -1.06. The van der Waals surface area contributed by atoms with E-state index in [9.17, 15) is 9.59 Å². The summed E-state index contributed by atoms with van der Waals surface area (Å²) in [5, 5.41) is 14.4. The maximum Gasteiger partial charge on any atom is 0.337 e. The lowest BCUT2D eigenvalue weighted by Crippen LogP contribution is -2.32. The number of anilines is 1. The molecule has 0 bridgehead atoms. The van der Waals surface area contributed by atoms with Gasteiger partial charge in [-0.1, -0.05) is 27.5 Å².